The summed E-state index contributed by atoms with van der Waals surface area (Å²) in [6.45, 7) is 14.1. The first kappa shape index (κ1) is 62.2. The lowest BCUT2D eigenvalue weighted by molar-refractivity contribution is -0.392. The van der Waals surface area contributed by atoms with Crippen LogP contribution in [0, 0.1) is 50.2 Å². The van der Waals surface area contributed by atoms with Crippen molar-refractivity contribution in [2.24, 2.45) is 50.2 Å². The van der Waals surface area contributed by atoms with Crippen molar-refractivity contribution in [3.63, 3.8) is 0 Å². The minimum Gasteiger partial charge on any atom is -0.479 e. The zero-order valence-electron chi connectivity index (χ0n) is 46.4. The average molecular weight is 1130 g/mol. The first-order chi connectivity index (χ1) is 36.9. The molecule has 0 bridgehead atoms. The van der Waals surface area contributed by atoms with E-state index in [0.717, 1.165) is 5.57 Å². The van der Waals surface area contributed by atoms with E-state index >= 15 is 0 Å². The fraction of sp³-hybridized carbons (Fsp3) is 0.873. The number of rotatable bonds is 14. The van der Waals surface area contributed by atoms with E-state index in [1.54, 1.807) is 19.9 Å². The first-order valence-corrected chi connectivity index (χ1v) is 27.7. The van der Waals surface area contributed by atoms with Crippen LogP contribution in [0.2, 0.25) is 0 Å². The largest absolute Gasteiger partial charge is 0.479 e. The second-order valence-corrected chi connectivity index (χ2v) is 25.5. The van der Waals surface area contributed by atoms with E-state index in [2.05, 4.69) is 26.8 Å². The van der Waals surface area contributed by atoms with Crippen LogP contribution >= 0.6 is 0 Å². The number of fused-ring (bicyclic) bond motifs is 7. The first-order valence-electron chi connectivity index (χ1n) is 27.7. The van der Waals surface area contributed by atoms with Crippen LogP contribution in [-0.2, 0) is 52.3 Å². The third-order valence-electron chi connectivity index (χ3n) is 21.1. The number of aliphatic hydroxyl groups is 12. The van der Waals surface area contributed by atoms with Crippen LogP contribution < -0.4 is 0 Å². The molecule has 27 atom stereocenters. The molecule has 3 aliphatic heterocycles. The summed E-state index contributed by atoms with van der Waals surface area (Å²) in [7, 11) is 0. The molecule has 3 saturated heterocycles. The van der Waals surface area contributed by atoms with E-state index in [1.165, 1.54) is 6.92 Å². The Kier molecular flexibility index (Phi) is 17.8. The van der Waals surface area contributed by atoms with Gasteiger partial charge in [-0.15, -0.1) is 0 Å². The maximum atomic E-state index is 13.4. The van der Waals surface area contributed by atoms with Crippen molar-refractivity contribution in [2.45, 2.75) is 224 Å². The normalized spacial score (nSPS) is 50.6. The Hall–Kier alpha value is -2.83. The minimum atomic E-state index is -2.18. The van der Waals surface area contributed by atoms with Crippen LogP contribution in [0.1, 0.15) is 107 Å². The SMILES string of the molecule is C/C=C(\C)C(=O)O[C@H]1[C@H](OC(C)=O)[C@]2(CO)[C@H](O)C[C@]3(C)C(=CC[C@@H]4[C@@]5(C)CC[C@H](O[C@H]6OC(C(=O)O)[C@H](O[C@@H]7O[C@H](CO)[C@H](O)[C@H](O)[C@H]7O)[C@@H](O)[C@H]6O[C@@H]6O[C@@H](CO)[C@H](O)[C@H](O)[C@H]6O)[C@@](C)(CO)[C@@H]5CC[C@]43C)[C@@H]2CC1(C)C. The molecule has 79 heavy (non-hydrogen) atoms. The van der Waals surface area contributed by atoms with Crippen LogP contribution in [0.4, 0.5) is 0 Å². The highest BCUT2D eigenvalue weighted by Crippen LogP contribution is 2.76. The molecule has 0 aromatic carbocycles. The molecule has 13 N–H and O–H groups in total. The third kappa shape index (κ3) is 9.94. The van der Waals surface area contributed by atoms with Crippen molar-refractivity contribution in [3.05, 3.63) is 23.3 Å². The molecule has 24 heteroatoms. The summed E-state index contributed by atoms with van der Waals surface area (Å²) in [5, 5.41) is 143. The summed E-state index contributed by atoms with van der Waals surface area (Å²) in [5.74, 6) is -3.88. The number of esters is 2. The van der Waals surface area contributed by atoms with E-state index in [0.29, 0.717) is 37.7 Å². The van der Waals surface area contributed by atoms with Crippen LogP contribution in [0.25, 0.3) is 0 Å². The average Bonchev–Trinajstić information content (AvgIpc) is 3.29. The van der Waals surface area contributed by atoms with Gasteiger partial charge in [0.2, 0.25) is 0 Å². The van der Waals surface area contributed by atoms with Crippen molar-refractivity contribution in [3.8, 4) is 0 Å². The van der Waals surface area contributed by atoms with E-state index in [-0.39, 0.29) is 24.7 Å². The molecule has 0 spiro atoms. The zero-order valence-corrected chi connectivity index (χ0v) is 46.4. The van der Waals surface area contributed by atoms with Crippen molar-refractivity contribution >= 4 is 17.9 Å². The highest BCUT2D eigenvalue weighted by molar-refractivity contribution is 5.87. The minimum absolute atomic E-state index is 0.0849. The quantitative estimate of drug-likeness (QED) is 0.0415. The van der Waals surface area contributed by atoms with Gasteiger partial charge in [0.15, 0.2) is 25.0 Å². The molecular formula is C55H86O24. The number of carboxylic acid groups (broad SMARTS) is 1. The monoisotopic (exact) mass is 1130 g/mol. The molecule has 7 fully saturated rings. The van der Waals surface area contributed by atoms with E-state index in [1.807, 2.05) is 20.8 Å². The molecule has 1 unspecified atom stereocenters. The van der Waals surface area contributed by atoms with Gasteiger partial charge in [-0.2, -0.15) is 0 Å². The van der Waals surface area contributed by atoms with Crippen LogP contribution in [0.15, 0.2) is 23.3 Å². The molecule has 3 heterocycles. The van der Waals surface area contributed by atoms with Crippen molar-refractivity contribution in [1.29, 1.82) is 0 Å². The van der Waals surface area contributed by atoms with Gasteiger partial charge in [0, 0.05) is 23.3 Å². The van der Waals surface area contributed by atoms with Gasteiger partial charge in [-0.25, -0.2) is 9.59 Å². The maximum absolute atomic E-state index is 13.4. The summed E-state index contributed by atoms with van der Waals surface area (Å²) in [6, 6.07) is 0. The number of aliphatic carboxylic acids is 1. The fourth-order valence-electron chi connectivity index (χ4n) is 16.2. The van der Waals surface area contributed by atoms with Crippen molar-refractivity contribution in [1.82, 2.24) is 0 Å². The highest BCUT2D eigenvalue weighted by atomic mass is 16.8. The van der Waals surface area contributed by atoms with Crippen LogP contribution in [0.5, 0.6) is 0 Å². The Labute approximate surface area is 459 Å². The van der Waals surface area contributed by atoms with Crippen molar-refractivity contribution in [2.75, 3.05) is 26.4 Å². The van der Waals surface area contributed by atoms with Gasteiger partial charge >= 0.3 is 17.9 Å². The molecule has 8 rings (SSSR count). The topological polar surface area (TPSA) is 388 Å². The molecule has 5 aliphatic carbocycles. The summed E-state index contributed by atoms with van der Waals surface area (Å²) in [4.78, 5) is 39.5. The van der Waals surface area contributed by atoms with Crippen molar-refractivity contribution < 1.29 is 119 Å². The van der Waals surface area contributed by atoms with E-state index in [4.69, 9.17) is 37.9 Å². The predicted octanol–water partition coefficient (Wildman–Crippen LogP) is -1.32. The second-order valence-electron chi connectivity index (χ2n) is 25.5. The Balaban J connectivity index is 1.12. The van der Waals surface area contributed by atoms with Crippen LogP contribution in [0.3, 0.4) is 0 Å². The number of allylic oxidation sites excluding steroid dienone is 3. The Morgan fingerprint density at radius 3 is 1.76 bits per heavy atom. The van der Waals surface area contributed by atoms with Gasteiger partial charge < -0.3 is 104 Å². The lowest BCUT2D eigenvalue weighted by Gasteiger charge is -2.72. The molecule has 0 aromatic rings. The lowest BCUT2D eigenvalue weighted by Crippen LogP contribution is -2.72. The number of ether oxygens (including phenoxy) is 8. The van der Waals surface area contributed by atoms with Gasteiger partial charge in [-0.3, -0.25) is 4.79 Å². The van der Waals surface area contributed by atoms with Crippen LogP contribution in [-0.4, -0.2) is 227 Å². The molecule has 0 radical (unpaired) electrons. The summed E-state index contributed by atoms with van der Waals surface area (Å²) >= 11 is 0. The molecule has 0 amide bonds. The van der Waals surface area contributed by atoms with Gasteiger partial charge in [0.1, 0.15) is 79.4 Å². The summed E-state index contributed by atoms with van der Waals surface area (Å²) in [6.07, 6.45) is -26.5. The third-order valence-corrected chi connectivity index (χ3v) is 21.1. The Morgan fingerprint density at radius 1 is 0.658 bits per heavy atom. The molecule has 24 nitrogen and oxygen atoms in total. The predicted molar refractivity (Wildman–Crippen MR) is 269 cm³/mol. The smallest absolute Gasteiger partial charge is 0.335 e. The maximum Gasteiger partial charge on any atom is 0.335 e. The Morgan fingerprint density at radius 2 is 1.24 bits per heavy atom. The fourth-order valence-corrected chi connectivity index (χ4v) is 16.2. The number of carboxylic acids is 1. The number of aliphatic hydroxyl groups excluding tert-OH is 12. The molecule has 450 valence electrons. The summed E-state index contributed by atoms with van der Waals surface area (Å²) < 4.78 is 48.2. The summed E-state index contributed by atoms with van der Waals surface area (Å²) in [5.41, 5.74) is -3.78. The van der Waals surface area contributed by atoms with E-state index in [9.17, 15) is 80.8 Å². The van der Waals surface area contributed by atoms with Gasteiger partial charge in [-0.05, 0) is 92.8 Å². The highest BCUT2D eigenvalue weighted by Gasteiger charge is 2.74. The van der Waals surface area contributed by atoms with Gasteiger partial charge in [0.05, 0.1) is 44.1 Å². The number of carbonyl (C=O) groups is 3. The number of carbonyl (C=O) groups excluding carboxylic acids is 2. The molecular weight excluding hydrogens is 1040 g/mol. The number of hydrogen-bond donors (Lipinski definition) is 13. The second kappa shape index (κ2) is 22.6. The van der Waals surface area contributed by atoms with Gasteiger partial charge in [0.25, 0.3) is 0 Å². The number of hydrogen-bond acceptors (Lipinski definition) is 23. The molecule has 4 saturated carbocycles. The van der Waals surface area contributed by atoms with E-state index < -0.39 is 199 Å². The molecule has 8 aliphatic rings. The Bertz CT molecular complexity index is 2290. The van der Waals surface area contributed by atoms with Gasteiger partial charge in [-0.1, -0.05) is 59.3 Å². The lowest BCUT2D eigenvalue weighted by atomic mass is 9.33. The molecule has 0 aromatic heterocycles. The zero-order chi connectivity index (χ0) is 58.4. The standard InChI is InChI=1S/C55H86O24/c1-10-23(2)46(71)79-43-44(72-24(3)60)55(22-59)26(17-50(43,4)5)25-11-12-30-51(6)15-14-32(52(7,21-58)29(51)13-16-53(30,8)54(25,9)18-31(55)61)75-49-41(77-48-38(67)36(65)34(63)28(20-57)74-48)39(68)40(42(78-49)45(69)70)76-47-37(66)35(64)33(62)27(19-56)73-47/h10-11,26-44,47-49,56-59,61-68H,12-22H2,1-9H3,(H,69,70)/b23-10+/t26-,27+,28-,29+,30+,31+,32-,33-,34-,35-,36-,37+,38+,39+,40+,41+,42?,43-,44-,47-,48-,49-,51-,52-,53+,54+,55-/m0/s1.